The Labute approximate surface area is 112 Å². The van der Waals surface area contributed by atoms with Crippen LogP contribution < -0.4 is 5.32 Å². The number of aryl methyl sites for hydroxylation is 2. The highest BCUT2D eigenvalue weighted by atomic mass is 35.5. The predicted molar refractivity (Wildman–Crippen MR) is 71.7 cm³/mol. The van der Waals surface area contributed by atoms with Gasteiger partial charge in [0.2, 0.25) is 0 Å². The zero-order chi connectivity index (χ0) is 13.0. The molecule has 1 N–H and O–H groups in total. The molecule has 0 amide bonds. The fraction of sp³-hybridized carbons (Fsp3) is 0.462. The van der Waals surface area contributed by atoms with E-state index in [9.17, 15) is 0 Å². The van der Waals surface area contributed by atoms with Crippen LogP contribution in [-0.2, 0) is 13.5 Å². The quantitative estimate of drug-likeness (QED) is 0.875. The molecule has 98 valence electrons. The van der Waals surface area contributed by atoms with E-state index in [4.69, 9.17) is 16.0 Å². The van der Waals surface area contributed by atoms with Crippen LogP contribution in [0, 0.1) is 0 Å². The van der Waals surface area contributed by atoms with Crippen LogP contribution in [0.1, 0.15) is 30.8 Å². The van der Waals surface area contributed by atoms with Crippen LogP contribution in [0.2, 0.25) is 5.22 Å². The molecular formula is C13H18ClN3O. The van der Waals surface area contributed by atoms with Crippen LogP contribution in [0.5, 0.6) is 0 Å². The summed E-state index contributed by atoms with van der Waals surface area (Å²) in [4.78, 5) is 4.33. The fourth-order valence-electron chi connectivity index (χ4n) is 2.08. The van der Waals surface area contributed by atoms with Gasteiger partial charge in [0.1, 0.15) is 5.82 Å². The van der Waals surface area contributed by atoms with Gasteiger partial charge in [-0.15, -0.1) is 0 Å². The Morgan fingerprint density at radius 2 is 2.39 bits per heavy atom. The number of furan rings is 1. The largest absolute Gasteiger partial charge is 0.453 e. The molecule has 2 rings (SSSR count). The Hall–Kier alpha value is -1.26. The van der Waals surface area contributed by atoms with E-state index < -0.39 is 0 Å². The molecule has 0 spiro atoms. The molecule has 4 nitrogen and oxygen atoms in total. The second-order valence-electron chi connectivity index (χ2n) is 4.25. The van der Waals surface area contributed by atoms with Gasteiger partial charge in [-0.2, -0.15) is 0 Å². The van der Waals surface area contributed by atoms with Gasteiger partial charge in [-0.1, -0.05) is 6.92 Å². The van der Waals surface area contributed by atoms with E-state index in [0.29, 0.717) is 5.22 Å². The van der Waals surface area contributed by atoms with E-state index in [1.165, 1.54) is 0 Å². The summed E-state index contributed by atoms with van der Waals surface area (Å²) in [5, 5.41) is 3.90. The van der Waals surface area contributed by atoms with Crippen molar-refractivity contribution < 1.29 is 4.42 Å². The molecule has 18 heavy (non-hydrogen) atoms. The highest BCUT2D eigenvalue weighted by Gasteiger charge is 2.16. The maximum atomic E-state index is 6.03. The van der Waals surface area contributed by atoms with Crippen molar-refractivity contribution in [2.75, 3.05) is 6.54 Å². The summed E-state index contributed by atoms with van der Waals surface area (Å²) >= 11 is 6.03. The van der Waals surface area contributed by atoms with E-state index in [2.05, 4.69) is 17.2 Å². The van der Waals surface area contributed by atoms with Crippen molar-refractivity contribution >= 4 is 11.6 Å². The van der Waals surface area contributed by atoms with Gasteiger partial charge in [0, 0.05) is 37.5 Å². The van der Waals surface area contributed by atoms with Crippen LogP contribution in [0.4, 0.5) is 0 Å². The minimum absolute atomic E-state index is 0.206. The van der Waals surface area contributed by atoms with Crippen molar-refractivity contribution in [3.05, 3.63) is 41.3 Å². The number of rotatable bonds is 6. The lowest BCUT2D eigenvalue weighted by Crippen LogP contribution is -2.21. The third-order valence-corrected chi connectivity index (χ3v) is 3.36. The number of halogens is 1. The molecule has 0 fully saturated rings. The summed E-state index contributed by atoms with van der Waals surface area (Å²) < 4.78 is 7.20. The molecule has 0 bridgehead atoms. The fourth-order valence-corrected chi connectivity index (χ4v) is 2.32. The maximum absolute atomic E-state index is 6.03. The predicted octanol–water partition coefficient (Wildman–Crippen LogP) is 2.95. The van der Waals surface area contributed by atoms with Crippen molar-refractivity contribution in [3.63, 3.8) is 0 Å². The zero-order valence-corrected chi connectivity index (χ0v) is 11.4. The molecule has 0 saturated heterocycles. The van der Waals surface area contributed by atoms with Crippen molar-refractivity contribution in [1.82, 2.24) is 14.9 Å². The lowest BCUT2D eigenvalue weighted by Gasteiger charge is -2.16. The first-order chi connectivity index (χ1) is 8.72. The van der Waals surface area contributed by atoms with Crippen molar-refractivity contribution in [2.24, 2.45) is 7.05 Å². The molecular weight excluding hydrogens is 250 g/mol. The normalized spacial score (nSPS) is 12.8. The van der Waals surface area contributed by atoms with Gasteiger partial charge in [-0.25, -0.2) is 4.98 Å². The van der Waals surface area contributed by atoms with Crippen LogP contribution in [0.25, 0.3) is 0 Å². The zero-order valence-electron chi connectivity index (χ0n) is 10.7. The maximum Gasteiger partial charge on any atom is 0.197 e. The second-order valence-corrected chi connectivity index (χ2v) is 4.60. The molecule has 0 aliphatic carbocycles. The van der Waals surface area contributed by atoms with Crippen molar-refractivity contribution in [2.45, 2.75) is 25.8 Å². The first-order valence-corrected chi connectivity index (χ1v) is 6.52. The molecule has 5 heteroatoms. The molecule has 1 unspecified atom stereocenters. The molecule has 0 aliphatic heterocycles. The Morgan fingerprint density at radius 3 is 2.94 bits per heavy atom. The standard InChI is InChI=1S/C13H18ClN3O/c1-3-15-11(10-6-9-18-13(10)14)4-5-12-16-7-8-17(12)2/h6-9,11,15H,3-5H2,1-2H3. The third kappa shape index (κ3) is 2.94. The Kier molecular flexibility index (Phi) is 4.44. The molecule has 0 radical (unpaired) electrons. The summed E-state index contributed by atoms with van der Waals surface area (Å²) in [6.07, 6.45) is 7.26. The minimum atomic E-state index is 0.206. The summed E-state index contributed by atoms with van der Waals surface area (Å²) in [6.45, 7) is 2.98. The Morgan fingerprint density at radius 1 is 1.56 bits per heavy atom. The highest BCUT2D eigenvalue weighted by molar-refractivity contribution is 6.29. The number of hydrogen-bond donors (Lipinski definition) is 1. The first kappa shape index (κ1) is 13.2. The Bertz CT molecular complexity index is 492. The van der Waals surface area contributed by atoms with E-state index >= 15 is 0 Å². The third-order valence-electron chi connectivity index (χ3n) is 3.05. The average molecular weight is 268 g/mol. The van der Waals surface area contributed by atoms with Gasteiger partial charge < -0.3 is 14.3 Å². The van der Waals surface area contributed by atoms with Crippen LogP contribution in [-0.4, -0.2) is 16.1 Å². The summed E-state index contributed by atoms with van der Waals surface area (Å²) in [7, 11) is 2.01. The minimum Gasteiger partial charge on any atom is -0.453 e. The second kappa shape index (κ2) is 6.07. The summed E-state index contributed by atoms with van der Waals surface area (Å²) in [5.41, 5.74) is 1.02. The van der Waals surface area contributed by atoms with Crippen LogP contribution in [0.3, 0.4) is 0 Å². The number of nitrogens with zero attached hydrogens (tertiary/aromatic N) is 2. The van der Waals surface area contributed by atoms with Gasteiger partial charge in [-0.05, 0) is 30.6 Å². The lowest BCUT2D eigenvalue weighted by atomic mass is 10.0. The van der Waals surface area contributed by atoms with E-state index in [1.54, 1.807) is 6.26 Å². The van der Waals surface area contributed by atoms with Gasteiger partial charge in [0.15, 0.2) is 5.22 Å². The molecule has 0 aliphatic rings. The van der Waals surface area contributed by atoms with E-state index in [0.717, 1.165) is 30.8 Å². The number of hydrogen-bond acceptors (Lipinski definition) is 3. The molecule has 2 aromatic heterocycles. The average Bonchev–Trinajstić information content (AvgIpc) is 2.94. The molecule has 0 saturated carbocycles. The van der Waals surface area contributed by atoms with E-state index in [1.807, 2.05) is 30.1 Å². The number of nitrogens with one attached hydrogen (secondary N) is 1. The topological polar surface area (TPSA) is 43.0 Å². The monoisotopic (exact) mass is 267 g/mol. The molecule has 2 aromatic rings. The van der Waals surface area contributed by atoms with Gasteiger partial charge in [0.05, 0.1) is 6.26 Å². The Balaban J connectivity index is 2.03. The molecule has 1 atom stereocenters. The van der Waals surface area contributed by atoms with Crippen molar-refractivity contribution in [3.8, 4) is 0 Å². The van der Waals surface area contributed by atoms with Gasteiger partial charge in [-0.3, -0.25) is 0 Å². The SMILES string of the molecule is CCNC(CCc1nccn1C)c1ccoc1Cl. The van der Waals surface area contributed by atoms with Gasteiger partial charge in [0.25, 0.3) is 0 Å². The molecule has 0 aromatic carbocycles. The number of imidazole rings is 1. The summed E-state index contributed by atoms with van der Waals surface area (Å²) in [5.74, 6) is 1.08. The number of aromatic nitrogens is 2. The van der Waals surface area contributed by atoms with Crippen molar-refractivity contribution in [1.29, 1.82) is 0 Å². The highest BCUT2D eigenvalue weighted by Crippen LogP contribution is 2.27. The van der Waals surface area contributed by atoms with E-state index in [-0.39, 0.29) is 6.04 Å². The van der Waals surface area contributed by atoms with Gasteiger partial charge >= 0.3 is 0 Å². The lowest BCUT2D eigenvalue weighted by molar-refractivity contribution is 0.494. The van der Waals surface area contributed by atoms with Crippen LogP contribution in [0.15, 0.2) is 29.1 Å². The summed E-state index contributed by atoms with van der Waals surface area (Å²) in [6, 6.07) is 2.13. The molecule has 2 heterocycles. The van der Waals surface area contributed by atoms with Crippen LogP contribution >= 0.6 is 11.6 Å². The smallest absolute Gasteiger partial charge is 0.197 e. The first-order valence-electron chi connectivity index (χ1n) is 6.14.